The van der Waals surface area contributed by atoms with Crippen LogP contribution in [0, 0.1) is 5.92 Å². The van der Waals surface area contributed by atoms with Crippen LogP contribution in [0.4, 0.5) is 0 Å². The fourth-order valence-electron chi connectivity index (χ4n) is 1.35. The lowest BCUT2D eigenvalue weighted by molar-refractivity contribution is -0.119. The summed E-state index contributed by atoms with van der Waals surface area (Å²) in [5.41, 5.74) is 0. The summed E-state index contributed by atoms with van der Waals surface area (Å²) in [6.45, 7) is 4.22. The molecule has 1 amide bonds. The van der Waals surface area contributed by atoms with Gasteiger partial charge in [0.05, 0.1) is 0 Å². The van der Waals surface area contributed by atoms with E-state index in [4.69, 9.17) is 0 Å². The second-order valence-electron chi connectivity index (χ2n) is 2.76. The number of carbonyl (C=O) groups is 1. The van der Waals surface area contributed by atoms with Crippen LogP contribution in [0.15, 0.2) is 0 Å². The lowest BCUT2D eigenvalue weighted by Crippen LogP contribution is -2.26. The Kier molecular flexibility index (Phi) is 1.74. The zero-order valence-corrected chi connectivity index (χ0v) is 5.98. The number of hydrogen-bond acceptors (Lipinski definition) is 1. The van der Waals surface area contributed by atoms with Crippen molar-refractivity contribution in [1.82, 2.24) is 5.32 Å². The van der Waals surface area contributed by atoms with Crippen LogP contribution in [0.2, 0.25) is 0 Å². The van der Waals surface area contributed by atoms with Gasteiger partial charge in [-0.15, -0.1) is 0 Å². The Morgan fingerprint density at radius 3 is 2.67 bits per heavy atom. The number of rotatable bonds is 1. The average Bonchev–Trinajstić information content (AvgIpc) is 2.10. The quantitative estimate of drug-likeness (QED) is 0.557. The van der Waals surface area contributed by atoms with Gasteiger partial charge < -0.3 is 5.32 Å². The lowest BCUT2D eigenvalue weighted by atomic mass is 10.0. The summed E-state index contributed by atoms with van der Waals surface area (Å²) in [6, 6.07) is 0.442. The van der Waals surface area contributed by atoms with Crippen molar-refractivity contribution in [2.45, 2.75) is 32.7 Å². The maximum Gasteiger partial charge on any atom is 0.220 e. The predicted octanol–water partition coefficient (Wildman–Crippen LogP) is 0.921. The van der Waals surface area contributed by atoms with Crippen molar-refractivity contribution in [2.75, 3.05) is 0 Å². The maximum absolute atomic E-state index is 10.7. The van der Waals surface area contributed by atoms with Gasteiger partial charge in [-0.2, -0.15) is 0 Å². The SMILES string of the molecule is CC[C@@H]1NC(=O)C[C@@H]1C. The summed E-state index contributed by atoms with van der Waals surface area (Å²) in [4.78, 5) is 10.7. The minimum Gasteiger partial charge on any atom is -0.353 e. The molecule has 0 radical (unpaired) electrons. The van der Waals surface area contributed by atoms with E-state index in [0.29, 0.717) is 12.0 Å². The van der Waals surface area contributed by atoms with Crippen LogP contribution < -0.4 is 5.32 Å². The molecule has 0 aromatic rings. The molecule has 1 N–H and O–H groups in total. The summed E-state index contributed by atoms with van der Waals surface area (Å²) in [6.07, 6.45) is 1.78. The summed E-state index contributed by atoms with van der Waals surface area (Å²) in [7, 11) is 0. The van der Waals surface area contributed by atoms with E-state index in [1.165, 1.54) is 0 Å². The molecule has 2 atom stereocenters. The van der Waals surface area contributed by atoms with E-state index in [1.807, 2.05) is 0 Å². The first-order chi connectivity index (χ1) is 4.24. The molecule has 52 valence electrons. The molecule has 1 rings (SSSR count). The van der Waals surface area contributed by atoms with Crippen LogP contribution in [0.1, 0.15) is 26.7 Å². The average molecular weight is 127 g/mol. The van der Waals surface area contributed by atoms with Gasteiger partial charge in [0.25, 0.3) is 0 Å². The second kappa shape index (κ2) is 2.38. The highest BCUT2D eigenvalue weighted by molar-refractivity contribution is 5.78. The van der Waals surface area contributed by atoms with Gasteiger partial charge in [-0.05, 0) is 12.3 Å². The van der Waals surface area contributed by atoms with E-state index in [2.05, 4.69) is 19.2 Å². The third-order valence-corrected chi connectivity index (χ3v) is 1.98. The van der Waals surface area contributed by atoms with Crippen molar-refractivity contribution < 1.29 is 4.79 Å². The topological polar surface area (TPSA) is 29.1 Å². The van der Waals surface area contributed by atoms with Gasteiger partial charge in [-0.3, -0.25) is 4.79 Å². The summed E-state index contributed by atoms with van der Waals surface area (Å²) < 4.78 is 0. The number of nitrogens with one attached hydrogen (secondary N) is 1. The Bertz CT molecular complexity index is 122. The van der Waals surface area contributed by atoms with Gasteiger partial charge in [0.2, 0.25) is 5.91 Å². The fourth-order valence-corrected chi connectivity index (χ4v) is 1.35. The molecule has 0 aromatic carbocycles. The highest BCUT2D eigenvalue weighted by atomic mass is 16.1. The normalized spacial score (nSPS) is 34.7. The molecule has 1 aliphatic heterocycles. The molecule has 1 fully saturated rings. The molecular weight excluding hydrogens is 114 g/mol. The first-order valence-electron chi connectivity index (χ1n) is 3.53. The molecular formula is C7H13NO. The van der Waals surface area contributed by atoms with Crippen LogP contribution in [-0.2, 0) is 4.79 Å². The van der Waals surface area contributed by atoms with E-state index in [9.17, 15) is 4.79 Å². The Balaban J connectivity index is 2.47. The second-order valence-corrected chi connectivity index (χ2v) is 2.76. The molecule has 1 heterocycles. The fraction of sp³-hybridized carbons (Fsp3) is 0.857. The summed E-state index contributed by atoms with van der Waals surface area (Å²) in [5.74, 6) is 0.761. The van der Waals surface area contributed by atoms with Crippen LogP contribution >= 0.6 is 0 Å². The zero-order chi connectivity index (χ0) is 6.85. The van der Waals surface area contributed by atoms with Gasteiger partial charge in [0.15, 0.2) is 0 Å². The molecule has 0 saturated carbocycles. The molecule has 0 bridgehead atoms. The molecule has 9 heavy (non-hydrogen) atoms. The van der Waals surface area contributed by atoms with Gasteiger partial charge in [-0.25, -0.2) is 0 Å². The van der Waals surface area contributed by atoms with Crippen LogP contribution in [-0.4, -0.2) is 11.9 Å². The highest BCUT2D eigenvalue weighted by Gasteiger charge is 2.26. The maximum atomic E-state index is 10.7. The minimum atomic E-state index is 0.217. The van der Waals surface area contributed by atoms with E-state index >= 15 is 0 Å². The smallest absolute Gasteiger partial charge is 0.220 e. The first-order valence-corrected chi connectivity index (χ1v) is 3.53. The van der Waals surface area contributed by atoms with Crippen molar-refractivity contribution in [1.29, 1.82) is 0 Å². The van der Waals surface area contributed by atoms with E-state index in [1.54, 1.807) is 0 Å². The van der Waals surface area contributed by atoms with Gasteiger partial charge in [0, 0.05) is 12.5 Å². The standard InChI is InChI=1S/C7H13NO/c1-3-6-5(2)4-7(9)8-6/h5-6H,3-4H2,1-2H3,(H,8,9)/t5-,6-/m0/s1. The van der Waals surface area contributed by atoms with Crippen LogP contribution in [0.3, 0.4) is 0 Å². The zero-order valence-electron chi connectivity index (χ0n) is 5.98. The third kappa shape index (κ3) is 1.23. The number of carbonyl (C=O) groups excluding carboxylic acids is 1. The lowest BCUT2D eigenvalue weighted by Gasteiger charge is -2.10. The Morgan fingerprint density at radius 2 is 2.44 bits per heavy atom. The van der Waals surface area contributed by atoms with Gasteiger partial charge in [-0.1, -0.05) is 13.8 Å². The van der Waals surface area contributed by atoms with Crippen molar-refractivity contribution in [2.24, 2.45) is 5.92 Å². The first kappa shape index (κ1) is 6.59. The predicted molar refractivity (Wildman–Crippen MR) is 36.0 cm³/mol. The molecule has 1 saturated heterocycles. The minimum absolute atomic E-state index is 0.217. The van der Waals surface area contributed by atoms with E-state index < -0.39 is 0 Å². The highest BCUT2D eigenvalue weighted by Crippen LogP contribution is 2.17. The molecule has 2 nitrogen and oxygen atoms in total. The van der Waals surface area contributed by atoms with Crippen molar-refractivity contribution in [3.05, 3.63) is 0 Å². The Labute approximate surface area is 55.6 Å². The monoisotopic (exact) mass is 127 g/mol. The van der Waals surface area contributed by atoms with E-state index in [-0.39, 0.29) is 5.91 Å². The van der Waals surface area contributed by atoms with Gasteiger partial charge >= 0.3 is 0 Å². The van der Waals surface area contributed by atoms with Crippen molar-refractivity contribution in [3.63, 3.8) is 0 Å². The Hall–Kier alpha value is -0.530. The molecule has 0 spiro atoms. The number of hydrogen-bond donors (Lipinski definition) is 1. The van der Waals surface area contributed by atoms with Crippen LogP contribution in [0.25, 0.3) is 0 Å². The molecule has 1 aliphatic rings. The Morgan fingerprint density at radius 1 is 1.78 bits per heavy atom. The van der Waals surface area contributed by atoms with Crippen molar-refractivity contribution in [3.8, 4) is 0 Å². The van der Waals surface area contributed by atoms with Crippen LogP contribution in [0.5, 0.6) is 0 Å². The van der Waals surface area contributed by atoms with Crippen molar-refractivity contribution >= 4 is 5.91 Å². The molecule has 0 unspecified atom stereocenters. The molecule has 0 aromatic heterocycles. The summed E-state index contributed by atoms with van der Waals surface area (Å²) >= 11 is 0. The molecule has 2 heteroatoms. The largest absolute Gasteiger partial charge is 0.353 e. The number of amides is 1. The van der Waals surface area contributed by atoms with E-state index in [0.717, 1.165) is 12.8 Å². The summed E-state index contributed by atoms with van der Waals surface area (Å²) in [5, 5.41) is 2.91. The third-order valence-electron chi connectivity index (χ3n) is 1.98. The van der Waals surface area contributed by atoms with Gasteiger partial charge in [0.1, 0.15) is 0 Å². The molecule has 0 aliphatic carbocycles.